The molecule has 3 N–H and O–H groups in total. The molecule has 0 unspecified atom stereocenters. The molecule has 0 spiro atoms. The van der Waals surface area contributed by atoms with Crippen LogP contribution in [0, 0.1) is 6.92 Å². The van der Waals surface area contributed by atoms with Crippen molar-refractivity contribution in [3.05, 3.63) is 50.7 Å². The molecule has 18 heavy (non-hydrogen) atoms. The van der Waals surface area contributed by atoms with Crippen molar-refractivity contribution < 1.29 is 4.79 Å². The topological polar surface area (TPSA) is 55.1 Å². The summed E-state index contributed by atoms with van der Waals surface area (Å²) >= 11 is 7.59. The zero-order valence-electron chi connectivity index (χ0n) is 9.87. The first-order valence-corrected chi connectivity index (χ1v) is 6.75. The number of thiophene rings is 1. The van der Waals surface area contributed by atoms with Crippen molar-refractivity contribution in [1.82, 2.24) is 5.32 Å². The summed E-state index contributed by atoms with van der Waals surface area (Å²) in [6.07, 6.45) is 0. The fourth-order valence-electron chi connectivity index (χ4n) is 1.56. The first-order valence-electron chi connectivity index (χ1n) is 5.43. The number of halogens is 1. The van der Waals surface area contributed by atoms with E-state index in [2.05, 4.69) is 10.7 Å². The Bertz CT molecular complexity index is 580. The van der Waals surface area contributed by atoms with E-state index in [0.717, 1.165) is 5.56 Å². The normalized spacial score (nSPS) is 10.3. The summed E-state index contributed by atoms with van der Waals surface area (Å²) < 4.78 is 0. The molecule has 3 nitrogen and oxygen atoms in total. The molecule has 2 rings (SSSR count). The Morgan fingerprint density at radius 3 is 2.89 bits per heavy atom. The number of amides is 1. The molecule has 0 aliphatic heterocycles. The lowest BCUT2D eigenvalue weighted by atomic mass is 10.1. The van der Waals surface area contributed by atoms with E-state index < -0.39 is 0 Å². The van der Waals surface area contributed by atoms with Gasteiger partial charge < -0.3 is 11.1 Å². The third kappa shape index (κ3) is 2.83. The van der Waals surface area contributed by atoms with Gasteiger partial charge in [0.15, 0.2) is 0 Å². The highest BCUT2D eigenvalue weighted by molar-refractivity contribution is 7.08. The number of carbonyl (C=O) groups is 1. The molecule has 0 aliphatic rings. The zero-order chi connectivity index (χ0) is 13.1. The van der Waals surface area contributed by atoms with Gasteiger partial charge in [-0.05, 0) is 47.0 Å². The van der Waals surface area contributed by atoms with Gasteiger partial charge in [-0.2, -0.15) is 11.3 Å². The smallest absolute Gasteiger partial charge is 0.253 e. The molecule has 0 aliphatic carbocycles. The fourth-order valence-corrected chi connectivity index (χ4v) is 2.62. The molecule has 1 heterocycles. The van der Waals surface area contributed by atoms with Crippen molar-refractivity contribution in [2.75, 3.05) is 5.73 Å². The average molecular weight is 281 g/mol. The summed E-state index contributed by atoms with van der Waals surface area (Å²) in [5.41, 5.74) is 8.87. The second kappa shape index (κ2) is 5.42. The fraction of sp³-hybridized carbons (Fsp3) is 0.154. The largest absolute Gasteiger partial charge is 0.399 e. The number of anilines is 1. The highest BCUT2D eigenvalue weighted by Gasteiger charge is 2.11. The van der Waals surface area contributed by atoms with Gasteiger partial charge in [-0.1, -0.05) is 11.6 Å². The van der Waals surface area contributed by atoms with Crippen LogP contribution in [0.25, 0.3) is 0 Å². The van der Waals surface area contributed by atoms with Crippen LogP contribution in [-0.2, 0) is 6.54 Å². The number of nitrogen functional groups attached to an aromatic ring is 1. The van der Waals surface area contributed by atoms with Crippen LogP contribution < -0.4 is 11.1 Å². The lowest BCUT2D eigenvalue weighted by Crippen LogP contribution is -2.23. The van der Waals surface area contributed by atoms with Crippen molar-refractivity contribution >= 4 is 34.5 Å². The minimum atomic E-state index is -0.210. The highest BCUT2D eigenvalue weighted by atomic mass is 35.5. The number of hydrogen-bond donors (Lipinski definition) is 2. The summed E-state index contributed by atoms with van der Waals surface area (Å²) in [4.78, 5) is 12.0. The van der Waals surface area contributed by atoms with Gasteiger partial charge in [0, 0.05) is 12.2 Å². The second-order valence-electron chi connectivity index (χ2n) is 4.00. The Hall–Kier alpha value is -1.52. The minimum Gasteiger partial charge on any atom is -0.399 e. The number of rotatable bonds is 3. The third-order valence-corrected chi connectivity index (χ3v) is 3.88. The first-order chi connectivity index (χ1) is 8.58. The number of carbonyl (C=O) groups excluding carboxylic acids is 1. The SMILES string of the molecule is Cc1cscc1CNC(=O)c1cc(N)ccc1Cl. The van der Waals surface area contributed by atoms with Crippen LogP contribution in [0.5, 0.6) is 0 Å². The molecule has 0 saturated carbocycles. The molecular weight excluding hydrogens is 268 g/mol. The van der Waals surface area contributed by atoms with Crippen LogP contribution in [0.1, 0.15) is 21.5 Å². The molecular formula is C13H13ClN2OS. The first kappa shape index (κ1) is 12.9. The van der Waals surface area contributed by atoms with E-state index in [1.807, 2.05) is 12.3 Å². The van der Waals surface area contributed by atoms with Crippen molar-refractivity contribution in [3.63, 3.8) is 0 Å². The van der Waals surface area contributed by atoms with Gasteiger partial charge in [-0.25, -0.2) is 0 Å². The number of benzene rings is 1. The molecule has 5 heteroatoms. The number of aryl methyl sites for hydroxylation is 1. The van der Waals surface area contributed by atoms with Gasteiger partial charge in [-0.3, -0.25) is 4.79 Å². The molecule has 94 valence electrons. The van der Waals surface area contributed by atoms with Crippen LogP contribution in [0.15, 0.2) is 29.0 Å². The van der Waals surface area contributed by atoms with Crippen molar-refractivity contribution in [1.29, 1.82) is 0 Å². The van der Waals surface area contributed by atoms with Gasteiger partial charge in [-0.15, -0.1) is 0 Å². The van der Waals surface area contributed by atoms with Gasteiger partial charge in [0.2, 0.25) is 0 Å². The maximum atomic E-state index is 12.0. The Morgan fingerprint density at radius 1 is 1.44 bits per heavy atom. The molecule has 1 amide bonds. The van der Waals surface area contributed by atoms with E-state index in [1.165, 1.54) is 5.56 Å². The van der Waals surface area contributed by atoms with Crippen molar-refractivity contribution in [3.8, 4) is 0 Å². The second-order valence-corrected chi connectivity index (χ2v) is 5.15. The Balaban J connectivity index is 2.08. The van der Waals surface area contributed by atoms with E-state index >= 15 is 0 Å². The number of nitrogens with one attached hydrogen (secondary N) is 1. The van der Waals surface area contributed by atoms with Gasteiger partial charge in [0.1, 0.15) is 0 Å². The maximum Gasteiger partial charge on any atom is 0.253 e. The summed E-state index contributed by atoms with van der Waals surface area (Å²) in [5.74, 6) is -0.210. The van der Waals surface area contributed by atoms with Gasteiger partial charge in [0.25, 0.3) is 5.91 Å². The Labute approximate surface area is 115 Å². The summed E-state index contributed by atoms with van der Waals surface area (Å²) in [6.45, 7) is 2.52. The molecule has 0 radical (unpaired) electrons. The summed E-state index contributed by atoms with van der Waals surface area (Å²) in [5, 5.41) is 7.32. The van der Waals surface area contributed by atoms with E-state index in [-0.39, 0.29) is 5.91 Å². The standard InChI is InChI=1S/C13H13ClN2OS/c1-8-6-18-7-9(8)5-16-13(17)11-4-10(15)2-3-12(11)14/h2-4,6-7H,5,15H2,1H3,(H,16,17). The Kier molecular flexibility index (Phi) is 3.89. The molecule has 0 fully saturated rings. The molecule has 1 aromatic carbocycles. The number of hydrogen-bond acceptors (Lipinski definition) is 3. The van der Waals surface area contributed by atoms with Gasteiger partial charge >= 0.3 is 0 Å². The highest BCUT2D eigenvalue weighted by Crippen LogP contribution is 2.19. The van der Waals surface area contributed by atoms with Crippen LogP contribution in [0.2, 0.25) is 5.02 Å². The lowest BCUT2D eigenvalue weighted by molar-refractivity contribution is 0.0951. The van der Waals surface area contributed by atoms with Crippen LogP contribution in [0.4, 0.5) is 5.69 Å². The molecule has 0 saturated heterocycles. The van der Waals surface area contributed by atoms with Gasteiger partial charge in [0.05, 0.1) is 10.6 Å². The predicted molar refractivity (Wildman–Crippen MR) is 76.1 cm³/mol. The lowest BCUT2D eigenvalue weighted by Gasteiger charge is -2.07. The maximum absolute atomic E-state index is 12.0. The quantitative estimate of drug-likeness (QED) is 0.848. The van der Waals surface area contributed by atoms with E-state index in [4.69, 9.17) is 17.3 Å². The van der Waals surface area contributed by atoms with Crippen molar-refractivity contribution in [2.45, 2.75) is 13.5 Å². The van der Waals surface area contributed by atoms with Crippen LogP contribution >= 0.6 is 22.9 Å². The summed E-state index contributed by atoms with van der Waals surface area (Å²) in [7, 11) is 0. The number of nitrogens with two attached hydrogens (primary N) is 1. The monoisotopic (exact) mass is 280 g/mol. The third-order valence-electron chi connectivity index (χ3n) is 2.64. The average Bonchev–Trinajstić information content (AvgIpc) is 2.75. The molecule has 2 aromatic rings. The molecule has 0 bridgehead atoms. The van der Waals surface area contributed by atoms with Crippen molar-refractivity contribution in [2.24, 2.45) is 0 Å². The van der Waals surface area contributed by atoms with Crippen LogP contribution in [-0.4, -0.2) is 5.91 Å². The molecule has 1 aromatic heterocycles. The minimum absolute atomic E-state index is 0.210. The van der Waals surface area contributed by atoms with E-state index in [9.17, 15) is 4.79 Å². The Morgan fingerprint density at radius 2 is 2.22 bits per heavy atom. The molecule has 0 atom stereocenters. The van der Waals surface area contributed by atoms with E-state index in [0.29, 0.717) is 22.8 Å². The summed E-state index contributed by atoms with van der Waals surface area (Å²) in [6, 6.07) is 4.88. The predicted octanol–water partition coefficient (Wildman–Crippen LogP) is 3.22. The zero-order valence-corrected chi connectivity index (χ0v) is 11.4. The van der Waals surface area contributed by atoms with E-state index in [1.54, 1.807) is 29.5 Å². The van der Waals surface area contributed by atoms with Crippen LogP contribution in [0.3, 0.4) is 0 Å².